The van der Waals surface area contributed by atoms with Gasteiger partial charge in [0.15, 0.2) is 0 Å². The van der Waals surface area contributed by atoms with Crippen molar-refractivity contribution in [2.75, 3.05) is 13.2 Å². The van der Waals surface area contributed by atoms with E-state index in [-0.39, 0.29) is 18.0 Å². The van der Waals surface area contributed by atoms with Crippen molar-refractivity contribution in [3.05, 3.63) is 81.7 Å². The van der Waals surface area contributed by atoms with E-state index in [1.54, 1.807) is 24.3 Å². The molecule has 0 aliphatic carbocycles. The van der Waals surface area contributed by atoms with Crippen LogP contribution in [0.1, 0.15) is 0 Å². The summed E-state index contributed by atoms with van der Waals surface area (Å²) in [5, 5.41) is 5.84. The molecule has 8 heteroatoms. The molecule has 2 heterocycles. The van der Waals surface area contributed by atoms with Crippen LogP contribution in [0.3, 0.4) is 0 Å². The van der Waals surface area contributed by atoms with E-state index in [1.165, 1.54) is 22.2 Å². The third-order valence-electron chi connectivity index (χ3n) is 4.47. The van der Waals surface area contributed by atoms with E-state index in [2.05, 4.69) is 10.3 Å². The molecule has 0 spiro atoms. The minimum absolute atomic E-state index is 0.104. The van der Waals surface area contributed by atoms with E-state index in [0.29, 0.717) is 34.1 Å². The highest BCUT2D eigenvalue weighted by atomic mass is 35.5. The molecule has 0 fully saturated rings. The number of carbonyl (C=O) groups excluding carboxylic acids is 1. The molecule has 2 aromatic carbocycles. The van der Waals surface area contributed by atoms with Crippen LogP contribution in [0.15, 0.2) is 71.1 Å². The smallest absolute Gasteiger partial charge is 0.263 e. The third-order valence-corrected chi connectivity index (χ3v) is 5.60. The Balaban J connectivity index is 1.41. The van der Waals surface area contributed by atoms with Crippen LogP contribution in [-0.4, -0.2) is 28.6 Å². The van der Waals surface area contributed by atoms with Gasteiger partial charge in [-0.15, -0.1) is 11.3 Å². The highest BCUT2D eigenvalue weighted by Crippen LogP contribution is 2.30. The molecule has 30 heavy (non-hydrogen) atoms. The van der Waals surface area contributed by atoms with Gasteiger partial charge in [0.1, 0.15) is 23.7 Å². The Morgan fingerprint density at radius 1 is 1.13 bits per heavy atom. The second-order valence-corrected chi connectivity index (χ2v) is 7.82. The predicted octanol–water partition coefficient (Wildman–Crippen LogP) is 3.97. The molecule has 4 aromatic rings. The highest BCUT2D eigenvalue weighted by molar-refractivity contribution is 7.17. The van der Waals surface area contributed by atoms with E-state index in [4.69, 9.17) is 16.3 Å². The normalized spacial score (nSPS) is 10.8. The van der Waals surface area contributed by atoms with Crippen molar-refractivity contribution in [3.8, 4) is 16.9 Å². The largest absolute Gasteiger partial charge is 0.492 e. The van der Waals surface area contributed by atoms with Crippen LogP contribution in [0, 0.1) is 0 Å². The van der Waals surface area contributed by atoms with Crippen LogP contribution >= 0.6 is 22.9 Å². The van der Waals surface area contributed by atoms with Crippen molar-refractivity contribution >= 4 is 39.1 Å². The van der Waals surface area contributed by atoms with Crippen molar-refractivity contribution in [1.82, 2.24) is 14.9 Å². The first-order chi connectivity index (χ1) is 14.6. The SMILES string of the molecule is O=C(Cn1cnc2scc(-c3ccccc3)c2c1=O)NCCOc1ccc(Cl)cc1. The van der Waals surface area contributed by atoms with Crippen molar-refractivity contribution in [2.45, 2.75) is 6.54 Å². The second kappa shape index (κ2) is 9.11. The summed E-state index contributed by atoms with van der Waals surface area (Å²) in [5.41, 5.74) is 1.55. The first-order valence-electron chi connectivity index (χ1n) is 9.29. The van der Waals surface area contributed by atoms with Gasteiger partial charge in [0.25, 0.3) is 5.56 Å². The van der Waals surface area contributed by atoms with E-state index >= 15 is 0 Å². The van der Waals surface area contributed by atoms with E-state index in [1.807, 2.05) is 35.7 Å². The molecule has 0 aliphatic heterocycles. The average molecular weight is 440 g/mol. The summed E-state index contributed by atoms with van der Waals surface area (Å²) >= 11 is 7.25. The topological polar surface area (TPSA) is 73.2 Å². The number of carbonyl (C=O) groups is 1. The zero-order valence-corrected chi connectivity index (χ0v) is 17.4. The van der Waals surface area contributed by atoms with Crippen LogP contribution in [0.5, 0.6) is 5.75 Å². The lowest BCUT2D eigenvalue weighted by atomic mass is 10.1. The summed E-state index contributed by atoms with van der Waals surface area (Å²) in [4.78, 5) is 30.3. The second-order valence-electron chi connectivity index (χ2n) is 6.53. The molecule has 6 nitrogen and oxygen atoms in total. The fraction of sp³-hybridized carbons (Fsp3) is 0.136. The van der Waals surface area contributed by atoms with Gasteiger partial charge >= 0.3 is 0 Å². The average Bonchev–Trinajstić information content (AvgIpc) is 3.20. The maximum Gasteiger partial charge on any atom is 0.263 e. The lowest BCUT2D eigenvalue weighted by Gasteiger charge is -2.09. The van der Waals surface area contributed by atoms with Crippen molar-refractivity contribution < 1.29 is 9.53 Å². The number of fused-ring (bicyclic) bond motifs is 1. The Kier molecular flexibility index (Phi) is 6.11. The van der Waals surface area contributed by atoms with Gasteiger partial charge in [-0.05, 0) is 29.8 Å². The maximum absolute atomic E-state index is 13.0. The number of aromatic nitrogens is 2. The zero-order valence-electron chi connectivity index (χ0n) is 15.9. The summed E-state index contributed by atoms with van der Waals surface area (Å²) in [6.45, 7) is 0.522. The summed E-state index contributed by atoms with van der Waals surface area (Å²) in [6, 6.07) is 16.7. The Morgan fingerprint density at radius 3 is 2.67 bits per heavy atom. The molecule has 0 radical (unpaired) electrons. The van der Waals surface area contributed by atoms with Crippen molar-refractivity contribution in [1.29, 1.82) is 0 Å². The van der Waals surface area contributed by atoms with E-state index < -0.39 is 0 Å². The molecule has 0 unspecified atom stereocenters. The highest BCUT2D eigenvalue weighted by Gasteiger charge is 2.14. The standard InChI is InChI=1S/C22H18ClN3O3S/c23-16-6-8-17(9-7-16)29-11-10-24-19(27)12-26-14-25-21-20(22(26)28)18(13-30-21)15-4-2-1-3-5-15/h1-9,13-14H,10-12H2,(H,24,27). The summed E-state index contributed by atoms with van der Waals surface area (Å²) in [5.74, 6) is 0.389. The Bertz CT molecular complexity index is 1220. The van der Waals surface area contributed by atoms with Crippen LogP contribution < -0.4 is 15.6 Å². The van der Waals surface area contributed by atoms with Gasteiger partial charge in [-0.25, -0.2) is 4.98 Å². The number of ether oxygens (including phenoxy) is 1. The number of halogens is 1. The number of amides is 1. The first kappa shape index (κ1) is 20.1. The molecule has 0 aliphatic rings. The lowest BCUT2D eigenvalue weighted by molar-refractivity contribution is -0.121. The van der Waals surface area contributed by atoms with Crippen LogP contribution in [-0.2, 0) is 11.3 Å². The van der Waals surface area contributed by atoms with Gasteiger partial charge < -0.3 is 10.1 Å². The fourth-order valence-electron chi connectivity index (χ4n) is 3.01. The molecule has 1 N–H and O–H groups in total. The van der Waals surface area contributed by atoms with Gasteiger partial charge in [-0.2, -0.15) is 0 Å². The number of benzene rings is 2. The van der Waals surface area contributed by atoms with Crippen LogP contribution in [0.2, 0.25) is 5.02 Å². The molecule has 152 valence electrons. The van der Waals surface area contributed by atoms with Crippen LogP contribution in [0.4, 0.5) is 0 Å². The minimum atomic E-state index is -0.283. The van der Waals surface area contributed by atoms with Crippen LogP contribution in [0.25, 0.3) is 21.3 Å². The van der Waals surface area contributed by atoms with E-state index in [9.17, 15) is 9.59 Å². The minimum Gasteiger partial charge on any atom is -0.492 e. The van der Waals surface area contributed by atoms with Crippen molar-refractivity contribution in [3.63, 3.8) is 0 Å². The number of hydrogen-bond acceptors (Lipinski definition) is 5. The number of rotatable bonds is 7. The molecule has 0 saturated carbocycles. The molecule has 1 amide bonds. The van der Waals surface area contributed by atoms with Gasteiger partial charge in [-0.1, -0.05) is 41.9 Å². The number of hydrogen-bond donors (Lipinski definition) is 1. The number of thiophene rings is 1. The molecule has 4 rings (SSSR count). The van der Waals surface area contributed by atoms with Gasteiger partial charge in [-0.3, -0.25) is 14.2 Å². The summed E-state index contributed by atoms with van der Waals surface area (Å²) < 4.78 is 6.87. The Hall–Kier alpha value is -3.16. The third kappa shape index (κ3) is 4.53. The summed E-state index contributed by atoms with van der Waals surface area (Å²) in [6.07, 6.45) is 1.42. The summed E-state index contributed by atoms with van der Waals surface area (Å²) in [7, 11) is 0. The Morgan fingerprint density at radius 2 is 1.90 bits per heavy atom. The molecule has 0 atom stereocenters. The number of nitrogens with one attached hydrogen (secondary N) is 1. The lowest BCUT2D eigenvalue weighted by Crippen LogP contribution is -2.34. The van der Waals surface area contributed by atoms with Crippen molar-refractivity contribution in [2.24, 2.45) is 0 Å². The Labute approximate surface area is 181 Å². The molecular weight excluding hydrogens is 422 g/mol. The van der Waals surface area contributed by atoms with E-state index in [0.717, 1.165) is 11.1 Å². The van der Waals surface area contributed by atoms with Gasteiger partial charge in [0, 0.05) is 16.0 Å². The first-order valence-corrected chi connectivity index (χ1v) is 10.5. The fourth-order valence-corrected chi connectivity index (χ4v) is 4.04. The maximum atomic E-state index is 13.0. The van der Waals surface area contributed by atoms with Gasteiger partial charge in [0.2, 0.25) is 5.91 Å². The van der Waals surface area contributed by atoms with Gasteiger partial charge in [0.05, 0.1) is 18.3 Å². The zero-order chi connectivity index (χ0) is 20.9. The monoisotopic (exact) mass is 439 g/mol. The quantitative estimate of drug-likeness (QED) is 0.442. The molecular formula is C22H18ClN3O3S. The molecule has 0 saturated heterocycles. The molecule has 2 aromatic heterocycles. The predicted molar refractivity (Wildman–Crippen MR) is 119 cm³/mol. The molecule has 0 bridgehead atoms. The number of nitrogens with zero attached hydrogens (tertiary/aromatic N) is 2.